The van der Waals surface area contributed by atoms with Crippen molar-refractivity contribution in [1.82, 2.24) is 0 Å². The zero-order valence-electron chi connectivity index (χ0n) is 7.77. The maximum absolute atomic E-state index is 12.3. The van der Waals surface area contributed by atoms with Gasteiger partial charge in [-0.05, 0) is 32.1 Å². The van der Waals surface area contributed by atoms with Crippen molar-refractivity contribution in [3.05, 3.63) is 0 Å². The van der Waals surface area contributed by atoms with E-state index >= 15 is 0 Å². The van der Waals surface area contributed by atoms with Gasteiger partial charge in [-0.1, -0.05) is 6.42 Å². The predicted octanol–water partition coefficient (Wildman–Crippen LogP) is 2.70. The maximum Gasteiger partial charge on any atom is 0.391 e. The van der Waals surface area contributed by atoms with E-state index in [9.17, 15) is 13.2 Å². The van der Waals surface area contributed by atoms with Gasteiger partial charge in [-0.2, -0.15) is 13.2 Å². The highest BCUT2D eigenvalue weighted by atomic mass is 19.4. The molecule has 13 heavy (non-hydrogen) atoms. The lowest BCUT2D eigenvalue weighted by Crippen LogP contribution is -2.35. The van der Waals surface area contributed by atoms with E-state index in [2.05, 4.69) is 0 Å². The molecular weight excluding hydrogens is 179 g/mol. The number of hydrogen-bond acceptors (Lipinski definition) is 1. The third-order valence-corrected chi connectivity index (χ3v) is 2.92. The van der Waals surface area contributed by atoms with Crippen LogP contribution in [0.25, 0.3) is 0 Å². The summed E-state index contributed by atoms with van der Waals surface area (Å²) in [6.45, 7) is 1.80. The summed E-state index contributed by atoms with van der Waals surface area (Å²) >= 11 is 0. The van der Waals surface area contributed by atoms with Crippen molar-refractivity contribution in [2.45, 2.75) is 44.8 Å². The molecule has 0 aromatic carbocycles. The van der Waals surface area contributed by atoms with E-state index in [1.54, 1.807) is 6.92 Å². The van der Waals surface area contributed by atoms with Crippen LogP contribution in [0, 0.1) is 11.8 Å². The van der Waals surface area contributed by atoms with Gasteiger partial charge in [0.05, 0.1) is 5.92 Å². The molecule has 2 N–H and O–H groups in total. The molecule has 3 atom stereocenters. The van der Waals surface area contributed by atoms with Crippen LogP contribution < -0.4 is 5.73 Å². The fourth-order valence-corrected chi connectivity index (χ4v) is 2.00. The topological polar surface area (TPSA) is 26.0 Å². The molecule has 0 spiro atoms. The molecule has 0 amide bonds. The van der Waals surface area contributed by atoms with Crippen LogP contribution in [-0.2, 0) is 0 Å². The van der Waals surface area contributed by atoms with Crippen molar-refractivity contribution < 1.29 is 13.2 Å². The molecule has 1 aliphatic rings. The standard InChI is InChI=1S/C9H16F3N/c1-6(13)7-3-2-4-8(5-7)9(10,11)12/h6-8H,2-5,13H2,1H3/t6-,7?,8?/m0/s1. The minimum atomic E-state index is -4.02. The Bertz CT molecular complexity index is 165. The summed E-state index contributed by atoms with van der Waals surface area (Å²) in [7, 11) is 0. The number of alkyl halides is 3. The van der Waals surface area contributed by atoms with Gasteiger partial charge < -0.3 is 5.73 Å². The van der Waals surface area contributed by atoms with Crippen LogP contribution in [-0.4, -0.2) is 12.2 Å². The van der Waals surface area contributed by atoms with E-state index in [0.717, 1.165) is 6.42 Å². The Labute approximate surface area is 76.5 Å². The van der Waals surface area contributed by atoms with E-state index in [4.69, 9.17) is 5.73 Å². The first kappa shape index (κ1) is 10.8. The molecule has 1 rings (SSSR count). The molecule has 2 unspecified atom stereocenters. The first-order valence-electron chi connectivity index (χ1n) is 4.73. The number of halogens is 3. The van der Waals surface area contributed by atoms with Crippen molar-refractivity contribution in [1.29, 1.82) is 0 Å². The first-order chi connectivity index (χ1) is 5.91. The second-order valence-electron chi connectivity index (χ2n) is 4.02. The summed E-state index contributed by atoms with van der Waals surface area (Å²) in [5, 5.41) is 0. The molecular formula is C9H16F3N. The van der Waals surface area contributed by atoms with Crippen LogP contribution >= 0.6 is 0 Å². The Balaban J connectivity index is 2.52. The van der Waals surface area contributed by atoms with Crippen LogP contribution in [0.1, 0.15) is 32.6 Å². The largest absolute Gasteiger partial charge is 0.391 e. The smallest absolute Gasteiger partial charge is 0.328 e. The summed E-state index contributed by atoms with van der Waals surface area (Å²) in [4.78, 5) is 0. The van der Waals surface area contributed by atoms with E-state index in [1.807, 2.05) is 0 Å². The van der Waals surface area contributed by atoms with Gasteiger partial charge >= 0.3 is 6.18 Å². The third kappa shape index (κ3) is 2.86. The lowest BCUT2D eigenvalue weighted by atomic mass is 9.78. The number of nitrogens with two attached hydrogens (primary N) is 1. The van der Waals surface area contributed by atoms with Gasteiger partial charge in [0.2, 0.25) is 0 Å². The van der Waals surface area contributed by atoms with E-state index in [0.29, 0.717) is 6.42 Å². The Morgan fingerprint density at radius 1 is 1.31 bits per heavy atom. The summed E-state index contributed by atoms with van der Waals surface area (Å²) in [5.74, 6) is -1.06. The minimum Gasteiger partial charge on any atom is -0.328 e. The summed E-state index contributed by atoms with van der Waals surface area (Å²) in [6, 6.07) is -0.106. The lowest BCUT2D eigenvalue weighted by molar-refractivity contribution is -0.186. The molecule has 0 aromatic heterocycles. The molecule has 0 aromatic rings. The Morgan fingerprint density at radius 3 is 2.38 bits per heavy atom. The normalized spacial score (nSPS) is 33.0. The highest BCUT2D eigenvalue weighted by Crippen LogP contribution is 2.40. The highest BCUT2D eigenvalue weighted by molar-refractivity contribution is 4.81. The molecule has 4 heteroatoms. The molecule has 0 aliphatic heterocycles. The molecule has 0 saturated heterocycles. The zero-order valence-corrected chi connectivity index (χ0v) is 7.77. The first-order valence-corrected chi connectivity index (χ1v) is 4.73. The Morgan fingerprint density at radius 2 is 1.92 bits per heavy atom. The quantitative estimate of drug-likeness (QED) is 0.684. The molecule has 1 fully saturated rings. The zero-order chi connectivity index (χ0) is 10.1. The molecule has 1 nitrogen and oxygen atoms in total. The highest BCUT2D eigenvalue weighted by Gasteiger charge is 2.42. The van der Waals surface area contributed by atoms with Crippen LogP contribution in [0.4, 0.5) is 13.2 Å². The SMILES string of the molecule is C[C@H](N)C1CCCC(C(F)(F)F)C1. The molecule has 0 radical (unpaired) electrons. The predicted molar refractivity (Wildman–Crippen MR) is 45.2 cm³/mol. The molecule has 0 heterocycles. The maximum atomic E-state index is 12.3. The van der Waals surface area contributed by atoms with Crippen LogP contribution in [0.5, 0.6) is 0 Å². The fraction of sp³-hybridized carbons (Fsp3) is 1.00. The molecule has 78 valence electrons. The van der Waals surface area contributed by atoms with E-state index in [-0.39, 0.29) is 24.8 Å². The van der Waals surface area contributed by atoms with Gasteiger partial charge in [-0.25, -0.2) is 0 Å². The minimum absolute atomic E-state index is 0.0559. The average Bonchev–Trinajstić information content (AvgIpc) is 2.03. The van der Waals surface area contributed by atoms with Crippen molar-refractivity contribution in [3.63, 3.8) is 0 Å². The van der Waals surface area contributed by atoms with Gasteiger partial charge in [0.15, 0.2) is 0 Å². The monoisotopic (exact) mass is 195 g/mol. The summed E-state index contributed by atoms with van der Waals surface area (Å²) < 4.78 is 37.0. The molecule has 1 saturated carbocycles. The fourth-order valence-electron chi connectivity index (χ4n) is 2.00. The van der Waals surface area contributed by atoms with Crippen LogP contribution in [0.15, 0.2) is 0 Å². The average molecular weight is 195 g/mol. The van der Waals surface area contributed by atoms with Crippen LogP contribution in [0.3, 0.4) is 0 Å². The second kappa shape index (κ2) is 3.86. The van der Waals surface area contributed by atoms with Gasteiger partial charge in [0.25, 0.3) is 0 Å². The Hall–Kier alpha value is -0.250. The molecule has 0 bridgehead atoms. The van der Waals surface area contributed by atoms with Gasteiger partial charge in [0, 0.05) is 6.04 Å². The second-order valence-corrected chi connectivity index (χ2v) is 4.02. The summed E-state index contributed by atoms with van der Waals surface area (Å²) in [6.07, 6.45) is -2.00. The van der Waals surface area contributed by atoms with Crippen molar-refractivity contribution >= 4 is 0 Å². The Kier molecular flexibility index (Phi) is 3.22. The van der Waals surface area contributed by atoms with Gasteiger partial charge in [-0.15, -0.1) is 0 Å². The number of hydrogen-bond donors (Lipinski definition) is 1. The third-order valence-electron chi connectivity index (χ3n) is 2.92. The van der Waals surface area contributed by atoms with Crippen molar-refractivity contribution in [3.8, 4) is 0 Å². The summed E-state index contributed by atoms with van der Waals surface area (Å²) in [5.41, 5.74) is 5.61. The van der Waals surface area contributed by atoms with Crippen molar-refractivity contribution in [2.75, 3.05) is 0 Å². The van der Waals surface area contributed by atoms with E-state index < -0.39 is 12.1 Å². The lowest BCUT2D eigenvalue weighted by Gasteiger charge is -2.32. The van der Waals surface area contributed by atoms with Crippen LogP contribution in [0.2, 0.25) is 0 Å². The van der Waals surface area contributed by atoms with Crippen molar-refractivity contribution in [2.24, 2.45) is 17.6 Å². The molecule has 1 aliphatic carbocycles. The van der Waals surface area contributed by atoms with Gasteiger partial charge in [-0.3, -0.25) is 0 Å². The van der Waals surface area contributed by atoms with Gasteiger partial charge in [0.1, 0.15) is 0 Å². The van der Waals surface area contributed by atoms with E-state index in [1.165, 1.54) is 0 Å². The number of rotatable bonds is 1.